The first-order valence-corrected chi connectivity index (χ1v) is 4.48. The van der Waals surface area contributed by atoms with Crippen molar-refractivity contribution in [2.24, 2.45) is 5.92 Å². The molecule has 1 nitrogen and oxygen atoms in total. The smallest absolute Gasteiger partial charge is 0.155 e. The molecule has 1 fully saturated rings. The van der Waals surface area contributed by atoms with E-state index in [9.17, 15) is 4.79 Å². The van der Waals surface area contributed by atoms with Crippen molar-refractivity contribution in [2.45, 2.75) is 38.5 Å². The minimum atomic E-state index is 0.219. The Hall–Kier alpha value is -0.590. The lowest BCUT2D eigenvalue weighted by molar-refractivity contribution is -0.115. The largest absolute Gasteiger partial charge is 0.295 e. The van der Waals surface area contributed by atoms with E-state index in [1.807, 2.05) is 0 Å². The SMILES string of the molecule is C=CC(=O)CC1CCCCC1. The molecule has 0 saturated heterocycles. The highest BCUT2D eigenvalue weighted by Crippen LogP contribution is 2.26. The Bertz CT molecular complexity index is 143. The molecule has 0 aliphatic heterocycles. The standard InChI is InChI=1S/C10H16O/c1-2-10(11)8-9-6-4-3-5-7-9/h2,9H,1,3-8H2. The summed E-state index contributed by atoms with van der Waals surface area (Å²) < 4.78 is 0. The maximum atomic E-state index is 11.0. The van der Waals surface area contributed by atoms with Crippen LogP contribution >= 0.6 is 0 Å². The minimum Gasteiger partial charge on any atom is -0.295 e. The van der Waals surface area contributed by atoms with Gasteiger partial charge in [0.25, 0.3) is 0 Å². The molecule has 0 amide bonds. The van der Waals surface area contributed by atoms with Crippen molar-refractivity contribution in [1.29, 1.82) is 0 Å². The molecule has 1 aliphatic carbocycles. The van der Waals surface area contributed by atoms with Gasteiger partial charge in [-0.05, 0) is 12.0 Å². The van der Waals surface area contributed by atoms with Crippen molar-refractivity contribution in [3.63, 3.8) is 0 Å². The Morgan fingerprint density at radius 2 is 2.00 bits per heavy atom. The van der Waals surface area contributed by atoms with Crippen LogP contribution in [-0.2, 0) is 4.79 Å². The molecule has 0 atom stereocenters. The summed E-state index contributed by atoms with van der Waals surface area (Å²) in [5.41, 5.74) is 0. The van der Waals surface area contributed by atoms with Crippen molar-refractivity contribution >= 4 is 5.78 Å². The second-order valence-electron chi connectivity index (χ2n) is 3.38. The number of hydrogen-bond acceptors (Lipinski definition) is 1. The fraction of sp³-hybridized carbons (Fsp3) is 0.700. The Labute approximate surface area is 68.5 Å². The maximum absolute atomic E-state index is 11.0. The third-order valence-corrected chi connectivity index (χ3v) is 2.44. The second kappa shape index (κ2) is 4.32. The highest BCUT2D eigenvalue weighted by Gasteiger charge is 2.14. The predicted molar refractivity (Wildman–Crippen MR) is 46.4 cm³/mol. The summed E-state index contributed by atoms with van der Waals surface area (Å²) in [5, 5.41) is 0. The van der Waals surface area contributed by atoms with Gasteiger partial charge in [-0.2, -0.15) is 0 Å². The summed E-state index contributed by atoms with van der Waals surface area (Å²) in [4.78, 5) is 11.0. The van der Waals surface area contributed by atoms with Crippen molar-refractivity contribution in [3.8, 4) is 0 Å². The van der Waals surface area contributed by atoms with E-state index in [-0.39, 0.29) is 5.78 Å². The van der Waals surface area contributed by atoms with Gasteiger partial charge in [0.15, 0.2) is 5.78 Å². The fourth-order valence-corrected chi connectivity index (χ4v) is 1.76. The van der Waals surface area contributed by atoms with Gasteiger partial charge in [0.05, 0.1) is 0 Å². The second-order valence-corrected chi connectivity index (χ2v) is 3.38. The van der Waals surface area contributed by atoms with Gasteiger partial charge in [0.1, 0.15) is 0 Å². The number of allylic oxidation sites excluding steroid dienone is 1. The minimum absolute atomic E-state index is 0.219. The van der Waals surface area contributed by atoms with Crippen molar-refractivity contribution < 1.29 is 4.79 Å². The van der Waals surface area contributed by atoms with E-state index in [0.717, 1.165) is 6.42 Å². The molecule has 0 bridgehead atoms. The molecule has 0 spiro atoms. The van der Waals surface area contributed by atoms with Gasteiger partial charge in [0, 0.05) is 6.42 Å². The van der Waals surface area contributed by atoms with E-state index in [4.69, 9.17) is 0 Å². The van der Waals surface area contributed by atoms with E-state index in [2.05, 4.69) is 6.58 Å². The van der Waals surface area contributed by atoms with E-state index in [1.54, 1.807) is 0 Å². The Balaban J connectivity index is 2.24. The number of ketones is 1. The first-order valence-electron chi connectivity index (χ1n) is 4.48. The molecule has 0 aromatic rings. The van der Waals surface area contributed by atoms with Gasteiger partial charge in [-0.15, -0.1) is 0 Å². The predicted octanol–water partition coefficient (Wildman–Crippen LogP) is 2.71. The summed E-state index contributed by atoms with van der Waals surface area (Å²) in [7, 11) is 0. The van der Waals surface area contributed by atoms with Gasteiger partial charge in [0.2, 0.25) is 0 Å². The van der Waals surface area contributed by atoms with Crippen LogP contribution in [0.1, 0.15) is 38.5 Å². The van der Waals surface area contributed by atoms with E-state index < -0.39 is 0 Å². The molecule has 1 heteroatoms. The zero-order chi connectivity index (χ0) is 8.10. The van der Waals surface area contributed by atoms with Gasteiger partial charge >= 0.3 is 0 Å². The van der Waals surface area contributed by atoms with Crippen LogP contribution in [0.25, 0.3) is 0 Å². The normalized spacial score (nSPS) is 19.6. The van der Waals surface area contributed by atoms with E-state index in [0.29, 0.717) is 5.92 Å². The van der Waals surface area contributed by atoms with E-state index >= 15 is 0 Å². The highest BCUT2D eigenvalue weighted by atomic mass is 16.1. The summed E-state index contributed by atoms with van der Waals surface area (Å²) in [6.45, 7) is 3.48. The quantitative estimate of drug-likeness (QED) is 0.568. The third-order valence-electron chi connectivity index (χ3n) is 2.44. The molecule has 0 heterocycles. The molecule has 0 aromatic carbocycles. The molecular weight excluding hydrogens is 136 g/mol. The van der Waals surface area contributed by atoms with Gasteiger partial charge in [-0.25, -0.2) is 0 Å². The number of rotatable bonds is 3. The molecular formula is C10H16O. The zero-order valence-corrected chi connectivity index (χ0v) is 7.01. The van der Waals surface area contributed by atoms with Crippen LogP contribution in [0, 0.1) is 5.92 Å². The van der Waals surface area contributed by atoms with Gasteiger partial charge < -0.3 is 0 Å². The third kappa shape index (κ3) is 2.87. The molecule has 0 radical (unpaired) electrons. The topological polar surface area (TPSA) is 17.1 Å². The molecule has 1 aliphatic rings. The lowest BCUT2D eigenvalue weighted by Gasteiger charge is -2.19. The number of hydrogen-bond donors (Lipinski definition) is 0. The number of carbonyl (C=O) groups is 1. The molecule has 1 saturated carbocycles. The maximum Gasteiger partial charge on any atom is 0.155 e. The Kier molecular flexibility index (Phi) is 3.34. The molecule has 0 N–H and O–H groups in total. The van der Waals surface area contributed by atoms with Crippen LogP contribution in [0.3, 0.4) is 0 Å². The van der Waals surface area contributed by atoms with E-state index in [1.165, 1.54) is 38.2 Å². The molecule has 11 heavy (non-hydrogen) atoms. The summed E-state index contributed by atoms with van der Waals surface area (Å²) in [6, 6.07) is 0. The van der Waals surface area contributed by atoms with Crippen LogP contribution in [0.15, 0.2) is 12.7 Å². The lowest BCUT2D eigenvalue weighted by Crippen LogP contribution is -2.10. The highest BCUT2D eigenvalue weighted by molar-refractivity contribution is 5.89. The van der Waals surface area contributed by atoms with Crippen molar-refractivity contribution in [2.75, 3.05) is 0 Å². The summed E-state index contributed by atoms with van der Waals surface area (Å²) in [6.07, 6.45) is 8.68. The van der Waals surface area contributed by atoms with Crippen molar-refractivity contribution in [1.82, 2.24) is 0 Å². The zero-order valence-electron chi connectivity index (χ0n) is 7.01. The molecule has 0 unspecified atom stereocenters. The first kappa shape index (κ1) is 8.51. The molecule has 0 aromatic heterocycles. The number of carbonyl (C=O) groups excluding carboxylic acids is 1. The molecule has 1 rings (SSSR count). The fourth-order valence-electron chi connectivity index (χ4n) is 1.76. The average Bonchev–Trinajstić information content (AvgIpc) is 2.06. The van der Waals surface area contributed by atoms with Crippen molar-refractivity contribution in [3.05, 3.63) is 12.7 Å². The van der Waals surface area contributed by atoms with Crippen LogP contribution in [-0.4, -0.2) is 5.78 Å². The first-order chi connectivity index (χ1) is 5.33. The van der Waals surface area contributed by atoms with Gasteiger partial charge in [-0.3, -0.25) is 4.79 Å². The summed E-state index contributed by atoms with van der Waals surface area (Å²) in [5.74, 6) is 0.881. The molecule has 62 valence electrons. The Morgan fingerprint density at radius 3 is 2.55 bits per heavy atom. The summed E-state index contributed by atoms with van der Waals surface area (Å²) >= 11 is 0. The average molecular weight is 152 g/mol. The van der Waals surface area contributed by atoms with Crippen LogP contribution < -0.4 is 0 Å². The lowest BCUT2D eigenvalue weighted by atomic mass is 9.86. The van der Waals surface area contributed by atoms with Crippen LogP contribution in [0.2, 0.25) is 0 Å². The monoisotopic (exact) mass is 152 g/mol. The Morgan fingerprint density at radius 1 is 1.36 bits per heavy atom. The van der Waals surface area contributed by atoms with Crippen LogP contribution in [0.5, 0.6) is 0 Å². The van der Waals surface area contributed by atoms with Gasteiger partial charge in [-0.1, -0.05) is 38.7 Å². The van der Waals surface area contributed by atoms with Crippen LogP contribution in [0.4, 0.5) is 0 Å².